The van der Waals surface area contributed by atoms with E-state index in [1.165, 1.54) is 0 Å². The van der Waals surface area contributed by atoms with Gasteiger partial charge in [-0.3, -0.25) is 4.79 Å². The Morgan fingerprint density at radius 3 is 2.47 bits per heavy atom. The first-order valence-corrected chi connectivity index (χ1v) is 6.31. The van der Waals surface area contributed by atoms with Gasteiger partial charge in [0.1, 0.15) is 0 Å². The highest BCUT2D eigenvalue weighted by Crippen LogP contribution is 2.10. The van der Waals surface area contributed by atoms with Gasteiger partial charge in [-0.05, 0) is 36.5 Å². The fourth-order valence-corrected chi connectivity index (χ4v) is 1.62. The lowest BCUT2D eigenvalue weighted by molar-refractivity contribution is 0.0827. The van der Waals surface area contributed by atoms with E-state index in [1.807, 2.05) is 12.1 Å². The molecule has 0 spiro atoms. The molecule has 0 aromatic heterocycles. The van der Waals surface area contributed by atoms with Crippen molar-refractivity contribution in [3.8, 4) is 0 Å². The van der Waals surface area contributed by atoms with Crippen molar-refractivity contribution < 1.29 is 9.53 Å². The second-order valence-electron chi connectivity index (χ2n) is 4.15. The molecule has 0 aliphatic heterocycles. The Bertz CT molecular complexity index is 432. The highest BCUT2D eigenvalue weighted by atomic mass is 32.1. The maximum Gasteiger partial charge on any atom is 0.253 e. The Morgan fingerprint density at radius 2 is 1.95 bits per heavy atom. The number of anilines is 1. The monoisotopic (exact) mass is 281 g/mol. The minimum Gasteiger partial charge on any atom is -0.383 e. The number of nitrogens with one attached hydrogen (secondary N) is 2. The van der Waals surface area contributed by atoms with E-state index >= 15 is 0 Å². The molecule has 0 atom stereocenters. The fourth-order valence-electron chi connectivity index (χ4n) is 1.40. The quantitative estimate of drug-likeness (QED) is 0.630. The van der Waals surface area contributed by atoms with Gasteiger partial charge < -0.3 is 20.3 Å². The standard InChI is InChI=1S/C13H19N3O2S/c1-16(2)12(17)10-4-6-11(7-5-10)15-13(19)14-8-9-18-3/h4-7H,8-9H2,1-3H3,(H2,14,15,19). The van der Waals surface area contributed by atoms with Crippen molar-refractivity contribution in [2.45, 2.75) is 0 Å². The molecule has 0 aliphatic rings. The van der Waals surface area contributed by atoms with Crippen LogP contribution in [0.15, 0.2) is 24.3 Å². The molecule has 1 aromatic rings. The summed E-state index contributed by atoms with van der Waals surface area (Å²) in [4.78, 5) is 13.2. The topological polar surface area (TPSA) is 53.6 Å². The molecular formula is C13H19N3O2S. The first-order valence-electron chi connectivity index (χ1n) is 5.90. The smallest absolute Gasteiger partial charge is 0.253 e. The number of amides is 1. The van der Waals surface area contributed by atoms with Crippen LogP contribution in [-0.2, 0) is 4.74 Å². The minimum absolute atomic E-state index is 0.0210. The predicted octanol–water partition coefficient (Wildman–Crippen LogP) is 1.32. The number of nitrogens with zero attached hydrogens (tertiary/aromatic N) is 1. The lowest BCUT2D eigenvalue weighted by Crippen LogP contribution is -2.31. The molecule has 1 amide bonds. The van der Waals surface area contributed by atoms with Crippen LogP contribution in [0.4, 0.5) is 5.69 Å². The van der Waals surface area contributed by atoms with Crippen LogP contribution >= 0.6 is 12.2 Å². The zero-order valence-corrected chi connectivity index (χ0v) is 12.2. The van der Waals surface area contributed by atoms with E-state index in [-0.39, 0.29) is 5.91 Å². The van der Waals surface area contributed by atoms with Crippen LogP contribution in [-0.4, -0.2) is 50.3 Å². The second-order valence-corrected chi connectivity index (χ2v) is 4.56. The molecule has 0 aliphatic carbocycles. The third-order valence-electron chi connectivity index (χ3n) is 2.39. The van der Waals surface area contributed by atoms with Gasteiger partial charge in [0.05, 0.1) is 6.61 Å². The van der Waals surface area contributed by atoms with Gasteiger partial charge in [0, 0.05) is 39.0 Å². The van der Waals surface area contributed by atoms with Crippen LogP contribution in [0.1, 0.15) is 10.4 Å². The van der Waals surface area contributed by atoms with Crippen molar-refractivity contribution >= 4 is 28.9 Å². The van der Waals surface area contributed by atoms with Gasteiger partial charge in [-0.25, -0.2) is 0 Å². The summed E-state index contributed by atoms with van der Waals surface area (Å²) in [5.74, 6) is -0.0210. The molecule has 6 heteroatoms. The fraction of sp³-hybridized carbons (Fsp3) is 0.385. The van der Waals surface area contributed by atoms with Crippen molar-refractivity contribution in [2.24, 2.45) is 0 Å². The van der Waals surface area contributed by atoms with Crippen LogP contribution < -0.4 is 10.6 Å². The number of hydrogen-bond donors (Lipinski definition) is 2. The maximum absolute atomic E-state index is 11.7. The molecule has 0 radical (unpaired) electrons. The van der Waals surface area contributed by atoms with E-state index in [1.54, 1.807) is 38.2 Å². The molecule has 0 heterocycles. The first kappa shape index (κ1) is 15.4. The molecule has 0 saturated heterocycles. The largest absolute Gasteiger partial charge is 0.383 e. The van der Waals surface area contributed by atoms with Crippen molar-refractivity contribution in [1.82, 2.24) is 10.2 Å². The summed E-state index contributed by atoms with van der Waals surface area (Å²) in [6.07, 6.45) is 0. The Balaban J connectivity index is 2.52. The summed E-state index contributed by atoms with van der Waals surface area (Å²) in [5.41, 5.74) is 1.49. The van der Waals surface area contributed by atoms with Crippen LogP contribution in [0.25, 0.3) is 0 Å². The molecule has 19 heavy (non-hydrogen) atoms. The molecule has 104 valence electrons. The minimum atomic E-state index is -0.0210. The molecule has 0 bridgehead atoms. The number of ether oxygens (including phenoxy) is 1. The number of methoxy groups -OCH3 is 1. The van der Waals surface area contributed by atoms with E-state index < -0.39 is 0 Å². The maximum atomic E-state index is 11.7. The van der Waals surface area contributed by atoms with Gasteiger partial charge in [-0.1, -0.05) is 0 Å². The van der Waals surface area contributed by atoms with Gasteiger partial charge in [-0.2, -0.15) is 0 Å². The average Bonchev–Trinajstić information content (AvgIpc) is 2.39. The predicted molar refractivity (Wildman–Crippen MR) is 80.6 cm³/mol. The summed E-state index contributed by atoms with van der Waals surface area (Å²) in [6.45, 7) is 1.25. The Kier molecular flexibility index (Phi) is 6.24. The molecule has 0 unspecified atom stereocenters. The van der Waals surface area contributed by atoms with Gasteiger partial charge in [0.25, 0.3) is 5.91 Å². The summed E-state index contributed by atoms with van der Waals surface area (Å²) in [7, 11) is 5.09. The highest BCUT2D eigenvalue weighted by Gasteiger charge is 2.07. The van der Waals surface area contributed by atoms with E-state index in [0.717, 1.165) is 5.69 Å². The lowest BCUT2D eigenvalue weighted by Gasteiger charge is -2.12. The molecule has 1 aromatic carbocycles. The Morgan fingerprint density at radius 1 is 1.32 bits per heavy atom. The second kappa shape index (κ2) is 7.70. The third kappa shape index (κ3) is 5.23. The van der Waals surface area contributed by atoms with Crippen LogP contribution in [0.3, 0.4) is 0 Å². The van der Waals surface area contributed by atoms with Gasteiger partial charge in [0.2, 0.25) is 0 Å². The molecular weight excluding hydrogens is 262 g/mol. The normalized spacial score (nSPS) is 9.84. The van der Waals surface area contributed by atoms with E-state index in [4.69, 9.17) is 17.0 Å². The van der Waals surface area contributed by atoms with E-state index in [2.05, 4.69) is 10.6 Å². The number of hydrogen-bond acceptors (Lipinski definition) is 3. The number of rotatable bonds is 5. The zero-order valence-electron chi connectivity index (χ0n) is 11.4. The van der Waals surface area contributed by atoms with Crippen molar-refractivity contribution in [3.05, 3.63) is 29.8 Å². The Labute approximate surface area is 118 Å². The summed E-state index contributed by atoms with van der Waals surface area (Å²) in [6, 6.07) is 7.17. The molecule has 2 N–H and O–H groups in total. The molecule has 0 saturated carbocycles. The average molecular weight is 281 g/mol. The van der Waals surface area contributed by atoms with Gasteiger partial charge >= 0.3 is 0 Å². The van der Waals surface area contributed by atoms with E-state index in [0.29, 0.717) is 23.8 Å². The first-order chi connectivity index (χ1) is 9.04. The van der Waals surface area contributed by atoms with E-state index in [9.17, 15) is 4.79 Å². The molecule has 1 rings (SSSR count). The number of thiocarbonyl (C=S) groups is 1. The van der Waals surface area contributed by atoms with Crippen LogP contribution in [0.5, 0.6) is 0 Å². The molecule has 5 nitrogen and oxygen atoms in total. The van der Waals surface area contributed by atoms with Crippen molar-refractivity contribution in [2.75, 3.05) is 39.7 Å². The van der Waals surface area contributed by atoms with Gasteiger partial charge in [-0.15, -0.1) is 0 Å². The summed E-state index contributed by atoms with van der Waals surface area (Å²) in [5, 5.41) is 6.58. The van der Waals surface area contributed by atoms with Gasteiger partial charge in [0.15, 0.2) is 5.11 Å². The summed E-state index contributed by atoms with van der Waals surface area (Å²) < 4.78 is 4.91. The van der Waals surface area contributed by atoms with Crippen LogP contribution in [0.2, 0.25) is 0 Å². The van der Waals surface area contributed by atoms with Crippen LogP contribution in [0, 0.1) is 0 Å². The summed E-state index contributed by atoms with van der Waals surface area (Å²) >= 11 is 5.12. The third-order valence-corrected chi connectivity index (χ3v) is 2.63. The Hall–Kier alpha value is -1.66. The zero-order chi connectivity index (χ0) is 14.3. The van der Waals surface area contributed by atoms with Crippen molar-refractivity contribution in [1.29, 1.82) is 0 Å². The number of benzene rings is 1. The lowest BCUT2D eigenvalue weighted by atomic mass is 10.2. The molecule has 0 fully saturated rings. The highest BCUT2D eigenvalue weighted by molar-refractivity contribution is 7.80. The SMILES string of the molecule is COCCNC(=S)Nc1ccc(C(=O)N(C)C)cc1. The van der Waals surface area contributed by atoms with Crippen molar-refractivity contribution in [3.63, 3.8) is 0 Å². The number of carbonyl (C=O) groups is 1. The number of carbonyl (C=O) groups excluding carboxylic acids is 1.